The molecule has 118 valence electrons. The third-order valence-electron chi connectivity index (χ3n) is 4.24. The monoisotopic (exact) mass is 327 g/mol. The maximum absolute atomic E-state index is 12.8. The Hall–Kier alpha value is -2.10. The summed E-state index contributed by atoms with van der Waals surface area (Å²) in [7, 11) is 0. The molecular weight excluding hydrogens is 308 g/mol. The minimum Gasteiger partial charge on any atom is -0.360 e. The molecule has 4 heteroatoms. The zero-order valence-corrected chi connectivity index (χ0v) is 14.0. The van der Waals surface area contributed by atoms with Crippen molar-refractivity contribution in [2.45, 2.75) is 25.9 Å². The lowest BCUT2D eigenvalue weighted by Crippen LogP contribution is -2.91. The maximum atomic E-state index is 12.8. The molecule has 0 amide bonds. The number of carbonyl (C=O) groups excluding carboxylic acids is 1. The number of aromatic nitrogens is 1. The number of nitrogens with two attached hydrogens (primary N) is 1. The molecule has 0 aliphatic carbocycles. The highest BCUT2D eigenvalue weighted by Crippen LogP contribution is 2.19. The molecule has 1 heterocycles. The van der Waals surface area contributed by atoms with Crippen molar-refractivity contribution in [2.75, 3.05) is 0 Å². The van der Waals surface area contributed by atoms with Crippen LogP contribution in [-0.4, -0.2) is 16.8 Å². The summed E-state index contributed by atoms with van der Waals surface area (Å²) in [4.78, 5) is 15.9. The van der Waals surface area contributed by atoms with Gasteiger partial charge in [-0.3, -0.25) is 4.79 Å². The highest BCUT2D eigenvalue weighted by molar-refractivity contribution is 6.30. The standard InChI is InChI=1S/C19H19ClN2O/c1-12(14-7-9-15(20)10-8-14)22-13(2)19(23)17-11-21-18-6-4-3-5-16(17)18/h3-13,21-22H,1-2H3/p+1/t12-,13+/m0/s1. The van der Waals surface area contributed by atoms with Crippen LogP contribution in [0.2, 0.25) is 5.02 Å². The van der Waals surface area contributed by atoms with Gasteiger partial charge < -0.3 is 10.3 Å². The summed E-state index contributed by atoms with van der Waals surface area (Å²) in [5, 5.41) is 3.80. The van der Waals surface area contributed by atoms with Crippen molar-refractivity contribution < 1.29 is 10.1 Å². The first kappa shape index (κ1) is 15.8. The number of halogens is 1. The lowest BCUT2D eigenvalue weighted by atomic mass is 10.0. The fourth-order valence-electron chi connectivity index (χ4n) is 2.92. The van der Waals surface area contributed by atoms with Crippen molar-refractivity contribution in [1.29, 1.82) is 0 Å². The average molecular weight is 328 g/mol. The predicted octanol–water partition coefficient (Wildman–Crippen LogP) is 3.72. The summed E-state index contributed by atoms with van der Waals surface area (Å²) in [5.41, 5.74) is 2.91. The molecule has 3 N–H and O–H groups in total. The molecule has 0 saturated carbocycles. The fourth-order valence-corrected chi connectivity index (χ4v) is 3.04. The van der Waals surface area contributed by atoms with Gasteiger partial charge in [0.15, 0.2) is 0 Å². The number of quaternary nitrogens is 1. The van der Waals surface area contributed by atoms with E-state index in [1.807, 2.05) is 61.7 Å². The van der Waals surface area contributed by atoms with E-state index in [0.29, 0.717) is 0 Å². The molecule has 23 heavy (non-hydrogen) atoms. The van der Waals surface area contributed by atoms with Crippen LogP contribution in [0.1, 0.15) is 35.8 Å². The summed E-state index contributed by atoms with van der Waals surface area (Å²) in [6.07, 6.45) is 1.81. The van der Waals surface area contributed by atoms with Crippen molar-refractivity contribution in [3.05, 3.63) is 70.9 Å². The Morgan fingerprint density at radius 2 is 1.78 bits per heavy atom. The molecule has 3 rings (SSSR count). The second-order valence-corrected chi connectivity index (χ2v) is 6.37. The van der Waals surface area contributed by atoms with Gasteiger partial charge in [-0.1, -0.05) is 41.9 Å². The van der Waals surface area contributed by atoms with Crippen LogP contribution in [0.3, 0.4) is 0 Å². The van der Waals surface area contributed by atoms with Gasteiger partial charge in [-0.25, -0.2) is 0 Å². The Balaban J connectivity index is 1.76. The highest BCUT2D eigenvalue weighted by atomic mass is 35.5. The Kier molecular flexibility index (Phi) is 4.51. The van der Waals surface area contributed by atoms with E-state index in [-0.39, 0.29) is 17.9 Å². The highest BCUT2D eigenvalue weighted by Gasteiger charge is 2.23. The van der Waals surface area contributed by atoms with Crippen molar-refractivity contribution in [2.24, 2.45) is 0 Å². The van der Waals surface area contributed by atoms with Gasteiger partial charge >= 0.3 is 0 Å². The van der Waals surface area contributed by atoms with Crippen LogP contribution in [0.25, 0.3) is 10.9 Å². The summed E-state index contributed by atoms with van der Waals surface area (Å²) in [5.74, 6) is 0.142. The predicted molar refractivity (Wildman–Crippen MR) is 93.9 cm³/mol. The number of fused-ring (bicyclic) bond motifs is 1. The number of Topliss-reactive ketones (excluding diaryl/α,β-unsaturated/α-hetero) is 1. The van der Waals surface area contributed by atoms with Crippen molar-refractivity contribution in [3.8, 4) is 0 Å². The number of rotatable bonds is 5. The lowest BCUT2D eigenvalue weighted by Gasteiger charge is -2.16. The largest absolute Gasteiger partial charge is 0.360 e. The van der Waals surface area contributed by atoms with E-state index in [0.717, 1.165) is 27.1 Å². The molecule has 0 spiro atoms. The van der Waals surface area contributed by atoms with Crippen molar-refractivity contribution in [1.82, 2.24) is 4.98 Å². The second-order valence-electron chi connectivity index (χ2n) is 5.93. The lowest BCUT2D eigenvalue weighted by molar-refractivity contribution is -0.709. The molecule has 0 aliphatic heterocycles. The van der Waals surface area contributed by atoms with Crippen LogP contribution in [0, 0.1) is 0 Å². The van der Waals surface area contributed by atoms with Crippen LogP contribution in [0.5, 0.6) is 0 Å². The van der Waals surface area contributed by atoms with E-state index in [4.69, 9.17) is 11.6 Å². The molecule has 3 aromatic rings. The van der Waals surface area contributed by atoms with Crippen LogP contribution in [0.15, 0.2) is 54.7 Å². The van der Waals surface area contributed by atoms with Crippen molar-refractivity contribution >= 4 is 28.3 Å². The quantitative estimate of drug-likeness (QED) is 0.689. The molecule has 0 unspecified atom stereocenters. The van der Waals surface area contributed by atoms with E-state index < -0.39 is 0 Å². The molecule has 0 bridgehead atoms. The van der Waals surface area contributed by atoms with Gasteiger partial charge in [0.25, 0.3) is 0 Å². The smallest absolute Gasteiger partial charge is 0.221 e. The molecule has 2 atom stereocenters. The molecule has 0 saturated heterocycles. The van der Waals surface area contributed by atoms with Crippen LogP contribution < -0.4 is 5.32 Å². The van der Waals surface area contributed by atoms with Crippen LogP contribution >= 0.6 is 11.6 Å². The van der Waals surface area contributed by atoms with Crippen molar-refractivity contribution in [3.63, 3.8) is 0 Å². The summed E-state index contributed by atoms with van der Waals surface area (Å²) in [6, 6.07) is 15.7. The van der Waals surface area contributed by atoms with Gasteiger partial charge in [0.2, 0.25) is 5.78 Å². The normalized spacial score (nSPS) is 13.9. The zero-order valence-electron chi connectivity index (χ0n) is 13.2. The SMILES string of the molecule is C[C@H]([NH2+][C@H](C)C(=O)c1c[nH]c2ccccc12)c1ccc(Cl)cc1. The molecule has 2 aromatic carbocycles. The number of aromatic amines is 1. The summed E-state index contributed by atoms with van der Waals surface area (Å²) >= 11 is 5.93. The van der Waals surface area contributed by atoms with Crippen LogP contribution in [0.4, 0.5) is 0 Å². The summed E-state index contributed by atoms with van der Waals surface area (Å²) < 4.78 is 0. The number of ketones is 1. The van der Waals surface area contributed by atoms with Gasteiger partial charge in [0, 0.05) is 33.2 Å². The van der Waals surface area contributed by atoms with E-state index in [2.05, 4.69) is 17.2 Å². The molecule has 3 nitrogen and oxygen atoms in total. The number of carbonyl (C=O) groups is 1. The number of benzene rings is 2. The first-order valence-corrected chi connectivity index (χ1v) is 8.15. The first-order chi connectivity index (χ1) is 11.1. The number of para-hydroxylation sites is 1. The van der Waals surface area contributed by atoms with Gasteiger partial charge in [-0.15, -0.1) is 0 Å². The van der Waals surface area contributed by atoms with Crippen LogP contribution in [-0.2, 0) is 0 Å². The Morgan fingerprint density at radius 1 is 1.09 bits per heavy atom. The Bertz CT molecular complexity index is 823. The fraction of sp³-hybridized carbons (Fsp3) is 0.211. The third-order valence-corrected chi connectivity index (χ3v) is 4.49. The molecular formula is C19H20ClN2O+. The minimum atomic E-state index is -0.153. The molecule has 0 radical (unpaired) electrons. The van der Waals surface area contributed by atoms with E-state index in [1.54, 1.807) is 0 Å². The van der Waals surface area contributed by atoms with Gasteiger partial charge in [-0.2, -0.15) is 0 Å². The molecule has 0 aliphatic rings. The molecule has 1 aromatic heterocycles. The van der Waals surface area contributed by atoms with Gasteiger partial charge in [-0.05, 0) is 32.0 Å². The maximum Gasteiger partial charge on any atom is 0.221 e. The van der Waals surface area contributed by atoms with Gasteiger partial charge in [0.1, 0.15) is 12.1 Å². The Labute approximate surface area is 140 Å². The number of hydrogen-bond donors (Lipinski definition) is 2. The average Bonchev–Trinajstić information content (AvgIpc) is 2.98. The number of H-pyrrole nitrogens is 1. The van der Waals surface area contributed by atoms with E-state index in [1.165, 1.54) is 0 Å². The summed E-state index contributed by atoms with van der Waals surface area (Å²) in [6.45, 7) is 4.05. The third kappa shape index (κ3) is 3.31. The first-order valence-electron chi connectivity index (χ1n) is 7.77. The zero-order chi connectivity index (χ0) is 16.4. The molecule has 0 fully saturated rings. The van der Waals surface area contributed by atoms with Gasteiger partial charge in [0.05, 0.1) is 0 Å². The number of nitrogens with one attached hydrogen (secondary N) is 1. The topological polar surface area (TPSA) is 49.5 Å². The second kappa shape index (κ2) is 6.57. The van der Waals surface area contributed by atoms with E-state index >= 15 is 0 Å². The minimum absolute atomic E-state index is 0.142. The van der Waals surface area contributed by atoms with E-state index in [9.17, 15) is 4.79 Å². The Morgan fingerprint density at radius 3 is 2.52 bits per heavy atom. The number of hydrogen-bond acceptors (Lipinski definition) is 1.